The molecule has 1 aromatic rings. The number of rotatable bonds is 1. The molecule has 1 heterocycles. The summed E-state index contributed by atoms with van der Waals surface area (Å²) in [5, 5.41) is 8.30. The van der Waals surface area contributed by atoms with Crippen LogP contribution >= 0.6 is 0 Å². The maximum atomic E-state index is 8.30. The van der Waals surface area contributed by atoms with Crippen molar-refractivity contribution < 1.29 is 0 Å². The molecule has 1 aromatic carbocycles. The quantitative estimate of drug-likeness (QED) is 0.783. The molecule has 2 heteroatoms. The van der Waals surface area contributed by atoms with E-state index in [9.17, 15) is 0 Å². The van der Waals surface area contributed by atoms with Crippen LogP contribution in [-0.2, 0) is 6.54 Å². The van der Waals surface area contributed by atoms with E-state index in [1.165, 1.54) is 31.2 Å². The molecule has 2 aliphatic rings. The van der Waals surface area contributed by atoms with Crippen molar-refractivity contribution in [3.05, 3.63) is 35.4 Å². The monoisotopic (exact) mass is 228 g/mol. The molecule has 0 aromatic heterocycles. The van der Waals surface area contributed by atoms with Crippen molar-refractivity contribution >= 4 is 5.84 Å². The molecule has 0 spiro atoms. The van der Waals surface area contributed by atoms with Crippen molar-refractivity contribution in [2.45, 2.75) is 45.2 Å². The standard InChI is InChI=1S/C15H20N2/c1-11-6-8-13(9-7-11)17-10-12-4-2-3-5-14(12)15(17)16/h2-5,11,13,16H,6-10H2,1H3. The summed E-state index contributed by atoms with van der Waals surface area (Å²) in [6.07, 6.45) is 5.17. The first kappa shape index (κ1) is 10.8. The molecule has 0 atom stereocenters. The first-order valence-corrected chi connectivity index (χ1v) is 6.69. The Bertz CT molecular complexity index is 430. The lowest BCUT2D eigenvalue weighted by Crippen LogP contribution is -2.38. The summed E-state index contributed by atoms with van der Waals surface area (Å²) in [6, 6.07) is 8.97. The van der Waals surface area contributed by atoms with Crippen LogP contribution in [0.25, 0.3) is 0 Å². The summed E-state index contributed by atoms with van der Waals surface area (Å²) in [6.45, 7) is 3.30. The van der Waals surface area contributed by atoms with Crippen LogP contribution in [0.3, 0.4) is 0 Å². The van der Waals surface area contributed by atoms with E-state index in [4.69, 9.17) is 5.41 Å². The molecule has 0 bridgehead atoms. The molecule has 0 saturated heterocycles. The molecule has 1 aliphatic heterocycles. The number of nitrogens with zero attached hydrogens (tertiary/aromatic N) is 1. The number of hydrogen-bond acceptors (Lipinski definition) is 1. The van der Waals surface area contributed by atoms with Crippen molar-refractivity contribution in [3.63, 3.8) is 0 Å². The van der Waals surface area contributed by atoms with Gasteiger partial charge in [-0.15, -0.1) is 0 Å². The molecule has 0 amide bonds. The van der Waals surface area contributed by atoms with E-state index in [-0.39, 0.29) is 0 Å². The van der Waals surface area contributed by atoms with Gasteiger partial charge in [-0.3, -0.25) is 5.41 Å². The van der Waals surface area contributed by atoms with Gasteiger partial charge >= 0.3 is 0 Å². The van der Waals surface area contributed by atoms with E-state index >= 15 is 0 Å². The Balaban J connectivity index is 1.78. The van der Waals surface area contributed by atoms with Gasteiger partial charge in [-0.05, 0) is 37.2 Å². The average molecular weight is 228 g/mol. The van der Waals surface area contributed by atoms with Gasteiger partial charge in [-0.25, -0.2) is 0 Å². The van der Waals surface area contributed by atoms with Crippen molar-refractivity contribution in [3.8, 4) is 0 Å². The highest BCUT2D eigenvalue weighted by Crippen LogP contribution is 2.32. The lowest BCUT2D eigenvalue weighted by Gasteiger charge is -2.34. The Morgan fingerprint density at radius 2 is 1.82 bits per heavy atom. The number of benzene rings is 1. The summed E-state index contributed by atoms with van der Waals surface area (Å²) in [7, 11) is 0. The topological polar surface area (TPSA) is 27.1 Å². The van der Waals surface area contributed by atoms with E-state index < -0.39 is 0 Å². The van der Waals surface area contributed by atoms with Crippen LogP contribution in [0.1, 0.15) is 43.7 Å². The molecule has 0 radical (unpaired) electrons. The smallest absolute Gasteiger partial charge is 0.128 e. The third-order valence-corrected chi connectivity index (χ3v) is 4.33. The molecular formula is C15H20N2. The van der Waals surface area contributed by atoms with Gasteiger partial charge < -0.3 is 4.90 Å². The van der Waals surface area contributed by atoms with Gasteiger partial charge in [-0.1, -0.05) is 31.2 Å². The predicted octanol–water partition coefficient (Wildman–Crippen LogP) is 3.41. The average Bonchev–Trinajstić information content (AvgIpc) is 2.69. The Morgan fingerprint density at radius 3 is 2.53 bits per heavy atom. The summed E-state index contributed by atoms with van der Waals surface area (Å²) >= 11 is 0. The lowest BCUT2D eigenvalue weighted by molar-refractivity contribution is 0.213. The van der Waals surface area contributed by atoms with Crippen LogP contribution in [-0.4, -0.2) is 16.8 Å². The zero-order valence-electron chi connectivity index (χ0n) is 10.4. The fourth-order valence-electron chi connectivity index (χ4n) is 3.17. The SMILES string of the molecule is CC1CCC(N2Cc3ccccc3C2=N)CC1. The molecule has 1 aliphatic carbocycles. The Labute approximate surface area is 103 Å². The van der Waals surface area contributed by atoms with Crippen LogP contribution in [0.2, 0.25) is 0 Å². The third-order valence-electron chi connectivity index (χ3n) is 4.33. The second kappa shape index (κ2) is 4.17. The molecule has 0 unspecified atom stereocenters. The van der Waals surface area contributed by atoms with Gasteiger partial charge in [0.05, 0.1) is 0 Å². The Hall–Kier alpha value is -1.31. The minimum atomic E-state index is 0.603. The van der Waals surface area contributed by atoms with Gasteiger partial charge in [0.25, 0.3) is 0 Å². The van der Waals surface area contributed by atoms with E-state index in [0.717, 1.165) is 23.9 Å². The minimum Gasteiger partial charge on any atom is -0.349 e. The summed E-state index contributed by atoms with van der Waals surface area (Å²) < 4.78 is 0. The first-order chi connectivity index (χ1) is 8.25. The van der Waals surface area contributed by atoms with Gasteiger partial charge in [0.2, 0.25) is 0 Å². The van der Waals surface area contributed by atoms with Crippen molar-refractivity contribution in [1.82, 2.24) is 4.90 Å². The molecule has 3 rings (SSSR count). The van der Waals surface area contributed by atoms with Gasteiger partial charge in [0.1, 0.15) is 5.84 Å². The molecule has 90 valence electrons. The fourth-order valence-corrected chi connectivity index (χ4v) is 3.17. The summed E-state index contributed by atoms with van der Waals surface area (Å²) in [4.78, 5) is 2.32. The normalized spacial score (nSPS) is 28.3. The number of fused-ring (bicyclic) bond motifs is 1. The lowest BCUT2D eigenvalue weighted by atomic mass is 9.86. The third kappa shape index (κ3) is 1.86. The molecular weight excluding hydrogens is 208 g/mol. The molecule has 1 saturated carbocycles. The Kier molecular flexibility index (Phi) is 2.65. The van der Waals surface area contributed by atoms with Gasteiger partial charge in [0.15, 0.2) is 0 Å². The highest BCUT2D eigenvalue weighted by molar-refractivity contribution is 6.00. The molecule has 2 nitrogen and oxygen atoms in total. The van der Waals surface area contributed by atoms with E-state index in [0.29, 0.717) is 6.04 Å². The van der Waals surface area contributed by atoms with E-state index in [1.54, 1.807) is 0 Å². The maximum absolute atomic E-state index is 8.30. The van der Waals surface area contributed by atoms with Crippen LogP contribution in [0.5, 0.6) is 0 Å². The van der Waals surface area contributed by atoms with Crippen molar-refractivity contribution in [1.29, 1.82) is 5.41 Å². The zero-order chi connectivity index (χ0) is 11.8. The van der Waals surface area contributed by atoms with Crippen LogP contribution < -0.4 is 0 Å². The molecule has 1 fully saturated rings. The molecule has 17 heavy (non-hydrogen) atoms. The van der Waals surface area contributed by atoms with Crippen LogP contribution in [0, 0.1) is 11.3 Å². The summed E-state index contributed by atoms with van der Waals surface area (Å²) in [5.74, 6) is 1.63. The fraction of sp³-hybridized carbons (Fsp3) is 0.533. The second-order valence-corrected chi connectivity index (χ2v) is 5.55. The molecule has 1 N–H and O–H groups in total. The van der Waals surface area contributed by atoms with E-state index in [1.807, 2.05) is 6.07 Å². The second-order valence-electron chi connectivity index (χ2n) is 5.55. The zero-order valence-corrected chi connectivity index (χ0v) is 10.4. The highest BCUT2D eigenvalue weighted by atomic mass is 15.2. The first-order valence-electron chi connectivity index (χ1n) is 6.69. The van der Waals surface area contributed by atoms with Crippen LogP contribution in [0.4, 0.5) is 0 Å². The predicted molar refractivity (Wildman–Crippen MR) is 70.2 cm³/mol. The number of hydrogen-bond donors (Lipinski definition) is 1. The maximum Gasteiger partial charge on any atom is 0.128 e. The van der Waals surface area contributed by atoms with E-state index in [2.05, 4.69) is 30.0 Å². The van der Waals surface area contributed by atoms with Crippen LogP contribution in [0.15, 0.2) is 24.3 Å². The van der Waals surface area contributed by atoms with Gasteiger partial charge in [0, 0.05) is 18.2 Å². The largest absolute Gasteiger partial charge is 0.349 e. The minimum absolute atomic E-state index is 0.603. The van der Waals surface area contributed by atoms with Crippen molar-refractivity contribution in [2.75, 3.05) is 0 Å². The summed E-state index contributed by atoms with van der Waals surface area (Å²) in [5.41, 5.74) is 2.47. The Morgan fingerprint density at radius 1 is 1.12 bits per heavy atom. The number of amidine groups is 1. The number of nitrogens with one attached hydrogen (secondary N) is 1. The van der Waals surface area contributed by atoms with Crippen molar-refractivity contribution in [2.24, 2.45) is 5.92 Å². The highest BCUT2D eigenvalue weighted by Gasteiger charge is 2.31. The van der Waals surface area contributed by atoms with Gasteiger partial charge in [-0.2, -0.15) is 0 Å².